The zero-order valence-corrected chi connectivity index (χ0v) is 18.3. The minimum Gasteiger partial charge on any atom is -0.444 e. The highest BCUT2D eigenvalue weighted by atomic mass is 16.6. The van der Waals surface area contributed by atoms with Crippen molar-refractivity contribution in [3.8, 4) is 0 Å². The summed E-state index contributed by atoms with van der Waals surface area (Å²) >= 11 is 0. The van der Waals surface area contributed by atoms with Crippen molar-refractivity contribution in [3.05, 3.63) is 78.0 Å². The molecule has 6 heteroatoms. The van der Waals surface area contributed by atoms with E-state index in [9.17, 15) is 9.90 Å². The molecule has 0 spiro atoms. The van der Waals surface area contributed by atoms with Crippen LogP contribution in [-0.2, 0) is 17.7 Å². The lowest BCUT2D eigenvalue weighted by Crippen LogP contribution is -2.49. The molecule has 3 N–H and O–H groups in total. The Morgan fingerprint density at radius 1 is 1.06 bits per heavy atom. The number of para-hydroxylation sites is 1. The number of hydrogen-bond acceptors (Lipinski definition) is 5. The van der Waals surface area contributed by atoms with Crippen LogP contribution in [0.15, 0.2) is 66.9 Å². The van der Waals surface area contributed by atoms with E-state index in [1.807, 2.05) is 81.6 Å². The van der Waals surface area contributed by atoms with Gasteiger partial charge in [0, 0.05) is 24.7 Å². The maximum absolute atomic E-state index is 12.3. The van der Waals surface area contributed by atoms with Gasteiger partial charge in [0.25, 0.3) is 0 Å². The van der Waals surface area contributed by atoms with Crippen molar-refractivity contribution in [2.75, 3.05) is 6.54 Å². The molecule has 0 saturated heterocycles. The fourth-order valence-corrected chi connectivity index (χ4v) is 3.33. The molecule has 1 amide bonds. The molecule has 164 valence electrons. The van der Waals surface area contributed by atoms with E-state index in [2.05, 4.69) is 21.7 Å². The molecular weight excluding hydrogens is 390 g/mol. The van der Waals surface area contributed by atoms with Crippen molar-refractivity contribution in [2.45, 2.75) is 51.5 Å². The van der Waals surface area contributed by atoms with Gasteiger partial charge in [-0.05, 0) is 50.5 Å². The van der Waals surface area contributed by atoms with Gasteiger partial charge >= 0.3 is 6.09 Å². The second-order valence-electron chi connectivity index (χ2n) is 8.68. The Morgan fingerprint density at radius 3 is 2.52 bits per heavy atom. The van der Waals surface area contributed by atoms with Gasteiger partial charge in [-0.25, -0.2) is 4.79 Å². The van der Waals surface area contributed by atoms with Crippen molar-refractivity contribution in [2.24, 2.45) is 0 Å². The number of amides is 1. The number of ether oxygens (including phenoxy) is 1. The molecule has 3 aromatic rings. The van der Waals surface area contributed by atoms with Crippen LogP contribution in [0.2, 0.25) is 0 Å². The van der Waals surface area contributed by atoms with Crippen LogP contribution in [0, 0.1) is 0 Å². The van der Waals surface area contributed by atoms with Gasteiger partial charge in [0.15, 0.2) is 0 Å². The van der Waals surface area contributed by atoms with Crippen LogP contribution in [0.1, 0.15) is 31.9 Å². The number of pyridine rings is 1. The Bertz CT molecular complexity index is 986. The van der Waals surface area contributed by atoms with Crippen LogP contribution in [-0.4, -0.2) is 40.5 Å². The summed E-state index contributed by atoms with van der Waals surface area (Å²) in [5.41, 5.74) is 2.41. The molecule has 0 aliphatic heterocycles. The van der Waals surface area contributed by atoms with Crippen LogP contribution in [0.3, 0.4) is 0 Å². The van der Waals surface area contributed by atoms with Crippen LogP contribution in [0.5, 0.6) is 0 Å². The van der Waals surface area contributed by atoms with Gasteiger partial charge in [0.05, 0.1) is 17.7 Å². The predicted molar refractivity (Wildman–Crippen MR) is 123 cm³/mol. The second-order valence-corrected chi connectivity index (χ2v) is 8.68. The summed E-state index contributed by atoms with van der Waals surface area (Å²) < 4.78 is 5.38. The summed E-state index contributed by atoms with van der Waals surface area (Å²) in [6.45, 7) is 6.33. The first-order valence-corrected chi connectivity index (χ1v) is 10.6. The van der Waals surface area contributed by atoms with E-state index in [1.165, 1.54) is 0 Å². The number of hydrogen-bond donors (Lipinski definition) is 3. The average Bonchev–Trinajstić information content (AvgIpc) is 2.72. The highest BCUT2D eigenvalue weighted by Crippen LogP contribution is 2.13. The topological polar surface area (TPSA) is 83.5 Å². The molecule has 1 aromatic heterocycles. The fraction of sp³-hybridized carbons (Fsp3) is 0.360. The van der Waals surface area contributed by atoms with Gasteiger partial charge in [-0.2, -0.15) is 0 Å². The molecule has 31 heavy (non-hydrogen) atoms. The monoisotopic (exact) mass is 421 g/mol. The van der Waals surface area contributed by atoms with E-state index < -0.39 is 23.8 Å². The Labute approximate surface area is 183 Å². The van der Waals surface area contributed by atoms with E-state index in [4.69, 9.17) is 4.74 Å². The van der Waals surface area contributed by atoms with Crippen LogP contribution < -0.4 is 10.6 Å². The first-order chi connectivity index (χ1) is 14.8. The lowest BCUT2D eigenvalue weighted by molar-refractivity contribution is 0.0422. The van der Waals surface area contributed by atoms with E-state index in [-0.39, 0.29) is 0 Å². The Balaban J connectivity index is 1.60. The lowest BCUT2D eigenvalue weighted by Gasteiger charge is -2.27. The van der Waals surface area contributed by atoms with Gasteiger partial charge in [0.2, 0.25) is 0 Å². The number of carbonyl (C=O) groups excluding carboxylic acids is 1. The summed E-state index contributed by atoms with van der Waals surface area (Å²) in [5.74, 6) is 0. The third kappa shape index (κ3) is 7.35. The highest BCUT2D eigenvalue weighted by molar-refractivity contribution is 5.78. The molecule has 0 unspecified atom stereocenters. The molecule has 6 nitrogen and oxygen atoms in total. The Morgan fingerprint density at radius 2 is 1.77 bits per heavy atom. The average molecular weight is 422 g/mol. The predicted octanol–water partition coefficient (Wildman–Crippen LogP) is 3.82. The van der Waals surface area contributed by atoms with Gasteiger partial charge in [0.1, 0.15) is 5.60 Å². The minimum atomic E-state index is -0.791. The molecule has 2 atom stereocenters. The highest BCUT2D eigenvalue weighted by Gasteiger charge is 2.24. The molecule has 0 aliphatic rings. The van der Waals surface area contributed by atoms with Crippen molar-refractivity contribution in [3.63, 3.8) is 0 Å². The molecule has 1 heterocycles. The molecule has 0 aliphatic carbocycles. The molecule has 0 radical (unpaired) electrons. The summed E-state index contributed by atoms with van der Waals surface area (Å²) in [7, 11) is 0. The van der Waals surface area contributed by atoms with Crippen LogP contribution in [0.25, 0.3) is 10.9 Å². The number of aliphatic hydroxyl groups excluding tert-OH is 1. The molecule has 0 fully saturated rings. The van der Waals surface area contributed by atoms with Gasteiger partial charge in [-0.3, -0.25) is 4.98 Å². The zero-order chi connectivity index (χ0) is 22.3. The molecule has 0 saturated carbocycles. The first-order valence-electron chi connectivity index (χ1n) is 10.6. The minimum absolute atomic E-state index is 0.320. The molecule has 2 aromatic carbocycles. The van der Waals surface area contributed by atoms with E-state index >= 15 is 0 Å². The van der Waals surface area contributed by atoms with Gasteiger partial charge < -0.3 is 20.5 Å². The third-order valence-electron chi connectivity index (χ3n) is 4.79. The normalized spacial score (nSPS) is 13.5. The standard InChI is InChI=1S/C25H31N3O3/c1-25(2,3)31-24(30)28-22(14-18-9-5-4-6-10-18)23(29)17-26-15-19-13-20-11-7-8-12-21(20)27-16-19/h4-13,16,22-23,26,29H,14-15,17H2,1-3H3,(H,28,30)/t22-,23-/m0/s1. The van der Waals surface area contributed by atoms with Crippen molar-refractivity contribution >= 4 is 17.0 Å². The first kappa shape index (κ1) is 22.7. The Kier molecular flexibility index (Phi) is 7.60. The number of carbonyl (C=O) groups is 1. The quantitative estimate of drug-likeness (QED) is 0.515. The maximum atomic E-state index is 12.3. The van der Waals surface area contributed by atoms with Crippen molar-refractivity contribution in [1.82, 2.24) is 15.6 Å². The number of aromatic nitrogens is 1. The fourth-order valence-electron chi connectivity index (χ4n) is 3.33. The van der Waals surface area contributed by atoms with Gasteiger partial charge in [-0.15, -0.1) is 0 Å². The summed E-state index contributed by atoms with van der Waals surface area (Å²) in [6, 6.07) is 19.3. The van der Waals surface area contributed by atoms with Crippen molar-refractivity contribution in [1.29, 1.82) is 0 Å². The van der Waals surface area contributed by atoms with Gasteiger partial charge in [-0.1, -0.05) is 48.5 Å². The maximum Gasteiger partial charge on any atom is 0.407 e. The summed E-state index contributed by atoms with van der Waals surface area (Å²) in [4.78, 5) is 16.8. The van der Waals surface area contributed by atoms with Crippen LogP contribution in [0.4, 0.5) is 4.79 Å². The van der Waals surface area contributed by atoms with E-state index in [0.717, 1.165) is 22.0 Å². The molecule has 0 bridgehead atoms. The number of benzene rings is 2. The lowest BCUT2D eigenvalue weighted by atomic mass is 10.0. The molecule has 3 rings (SSSR count). The summed E-state index contributed by atoms with van der Waals surface area (Å²) in [6.07, 6.45) is 1.01. The smallest absolute Gasteiger partial charge is 0.407 e. The number of nitrogens with one attached hydrogen (secondary N) is 2. The third-order valence-corrected chi connectivity index (χ3v) is 4.79. The largest absolute Gasteiger partial charge is 0.444 e. The SMILES string of the molecule is CC(C)(C)OC(=O)N[C@@H](Cc1ccccc1)[C@@H](O)CNCc1cnc2ccccc2c1. The number of alkyl carbamates (subject to hydrolysis) is 1. The number of fused-ring (bicyclic) bond motifs is 1. The zero-order valence-electron chi connectivity index (χ0n) is 18.3. The van der Waals surface area contributed by atoms with Crippen LogP contribution >= 0.6 is 0 Å². The Hall–Kier alpha value is -2.96. The van der Waals surface area contributed by atoms with Crippen molar-refractivity contribution < 1.29 is 14.6 Å². The number of nitrogens with zero attached hydrogens (tertiary/aromatic N) is 1. The number of aliphatic hydroxyl groups is 1. The summed E-state index contributed by atoms with van der Waals surface area (Å²) in [5, 5.41) is 18.0. The number of rotatable bonds is 8. The van der Waals surface area contributed by atoms with E-state index in [0.29, 0.717) is 19.5 Å². The second kappa shape index (κ2) is 10.4. The molecular formula is C25H31N3O3. The van der Waals surface area contributed by atoms with E-state index in [1.54, 1.807) is 0 Å².